The molecule has 3 rings (SSSR count). The Morgan fingerprint density at radius 3 is 2.46 bits per heavy atom. The van der Waals surface area contributed by atoms with E-state index < -0.39 is 10.0 Å². The predicted octanol–water partition coefficient (Wildman–Crippen LogP) is 2.90. The first-order chi connectivity index (χ1) is 12.5. The quantitative estimate of drug-likeness (QED) is 0.755. The molecule has 5 nitrogen and oxygen atoms in total. The van der Waals surface area contributed by atoms with Gasteiger partial charge in [0.1, 0.15) is 5.75 Å². The third-order valence-electron chi connectivity index (χ3n) is 4.62. The molecule has 1 aliphatic heterocycles. The zero-order valence-corrected chi connectivity index (χ0v) is 16.3. The molecule has 0 radical (unpaired) electrons. The van der Waals surface area contributed by atoms with E-state index >= 15 is 0 Å². The molecule has 1 saturated heterocycles. The first-order valence-corrected chi connectivity index (χ1v) is 10.4. The lowest BCUT2D eigenvalue weighted by molar-refractivity contribution is 0.190. The Morgan fingerprint density at radius 1 is 1.04 bits per heavy atom. The van der Waals surface area contributed by atoms with Crippen LogP contribution in [0, 0.1) is 0 Å². The van der Waals surface area contributed by atoms with Crippen LogP contribution in [0.1, 0.15) is 5.56 Å². The van der Waals surface area contributed by atoms with Crippen LogP contribution in [0.3, 0.4) is 0 Å². The van der Waals surface area contributed by atoms with Crippen molar-refractivity contribution in [2.75, 3.05) is 39.8 Å². The van der Waals surface area contributed by atoms with Gasteiger partial charge in [0.15, 0.2) is 0 Å². The second-order valence-corrected chi connectivity index (χ2v) is 8.68. The van der Waals surface area contributed by atoms with E-state index in [2.05, 4.69) is 11.0 Å². The minimum absolute atomic E-state index is 0.259. The topological polar surface area (TPSA) is 49.9 Å². The third-order valence-corrected chi connectivity index (χ3v) is 6.75. The molecule has 0 unspecified atom stereocenters. The Balaban J connectivity index is 1.55. The smallest absolute Gasteiger partial charge is 0.243 e. The van der Waals surface area contributed by atoms with E-state index in [9.17, 15) is 8.42 Å². The number of hydrogen-bond donors (Lipinski definition) is 0. The van der Waals surface area contributed by atoms with Gasteiger partial charge in [-0.15, -0.1) is 0 Å². The summed E-state index contributed by atoms with van der Waals surface area (Å²) in [5.74, 6) is 0.861. The first-order valence-electron chi connectivity index (χ1n) is 8.60. The van der Waals surface area contributed by atoms with Gasteiger partial charge in [-0.25, -0.2) is 8.42 Å². The number of methoxy groups -OCH3 is 1. The van der Waals surface area contributed by atoms with Crippen LogP contribution in [0.4, 0.5) is 0 Å². The second-order valence-electron chi connectivity index (χ2n) is 6.30. The summed E-state index contributed by atoms with van der Waals surface area (Å²) < 4.78 is 32.3. The summed E-state index contributed by atoms with van der Waals surface area (Å²) in [5.41, 5.74) is 1.22. The molecule has 0 bridgehead atoms. The fraction of sp³-hybridized carbons (Fsp3) is 0.368. The normalized spacial score (nSPS) is 16.5. The number of halogens is 1. The average Bonchev–Trinajstić information content (AvgIpc) is 2.67. The second kappa shape index (κ2) is 8.39. The van der Waals surface area contributed by atoms with Crippen molar-refractivity contribution in [3.05, 3.63) is 59.1 Å². The Labute approximate surface area is 160 Å². The molecule has 1 aliphatic rings. The average molecular weight is 395 g/mol. The van der Waals surface area contributed by atoms with E-state index in [1.54, 1.807) is 29.6 Å². The van der Waals surface area contributed by atoms with E-state index in [-0.39, 0.29) is 4.90 Å². The summed E-state index contributed by atoms with van der Waals surface area (Å²) in [6, 6.07) is 14.5. The van der Waals surface area contributed by atoms with Crippen molar-refractivity contribution in [1.29, 1.82) is 0 Å². The van der Waals surface area contributed by atoms with Crippen LogP contribution in [0.2, 0.25) is 5.02 Å². The molecular formula is C19H23ClN2O3S. The highest BCUT2D eigenvalue weighted by Gasteiger charge is 2.28. The lowest BCUT2D eigenvalue weighted by Gasteiger charge is -2.34. The van der Waals surface area contributed by atoms with E-state index in [1.165, 1.54) is 11.6 Å². The maximum absolute atomic E-state index is 12.7. The monoisotopic (exact) mass is 394 g/mol. The number of nitrogens with zero attached hydrogens (tertiary/aromatic N) is 2. The van der Waals surface area contributed by atoms with Gasteiger partial charge in [0.05, 0.1) is 12.0 Å². The highest BCUT2D eigenvalue weighted by Crippen LogP contribution is 2.21. The summed E-state index contributed by atoms with van der Waals surface area (Å²) in [5, 5.41) is 0.433. The van der Waals surface area contributed by atoms with Crippen LogP contribution in [0.5, 0.6) is 5.75 Å². The number of ether oxygens (including phenoxy) is 1. The van der Waals surface area contributed by atoms with Gasteiger partial charge in [0.25, 0.3) is 0 Å². The molecule has 0 amide bonds. The number of hydrogen-bond acceptors (Lipinski definition) is 4. The molecule has 1 heterocycles. The van der Waals surface area contributed by atoms with Crippen LogP contribution in [0.25, 0.3) is 0 Å². The van der Waals surface area contributed by atoms with Gasteiger partial charge < -0.3 is 9.64 Å². The first kappa shape index (κ1) is 19.2. The molecule has 0 spiro atoms. The van der Waals surface area contributed by atoms with Gasteiger partial charge in [0.2, 0.25) is 10.0 Å². The van der Waals surface area contributed by atoms with E-state index in [1.807, 2.05) is 18.2 Å². The molecule has 2 aromatic rings. The fourth-order valence-electron chi connectivity index (χ4n) is 3.09. The lowest BCUT2D eigenvalue weighted by atomic mass is 10.1. The minimum atomic E-state index is -3.48. The molecule has 140 valence electrons. The van der Waals surface area contributed by atoms with Crippen molar-refractivity contribution in [3.63, 3.8) is 0 Å². The Kier molecular flexibility index (Phi) is 6.19. The molecule has 7 heteroatoms. The number of rotatable bonds is 6. The standard InChI is InChI=1S/C19H23ClN2O3S/c1-25-18-6-2-4-16(14-18)8-9-21-10-12-22(13-11-21)26(23,24)19-7-3-5-17(20)15-19/h2-7,14-15H,8-13H2,1H3. The summed E-state index contributed by atoms with van der Waals surface area (Å²) in [6.45, 7) is 3.34. The van der Waals surface area contributed by atoms with Crippen LogP contribution >= 0.6 is 11.6 Å². The molecule has 26 heavy (non-hydrogen) atoms. The van der Waals surface area contributed by atoms with Gasteiger partial charge in [0, 0.05) is 37.7 Å². The molecule has 0 N–H and O–H groups in total. The number of sulfonamides is 1. The molecular weight excluding hydrogens is 372 g/mol. The summed E-state index contributed by atoms with van der Waals surface area (Å²) in [6.07, 6.45) is 0.915. The van der Waals surface area contributed by atoms with E-state index in [0.29, 0.717) is 18.1 Å². The lowest BCUT2D eigenvalue weighted by Crippen LogP contribution is -2.48. The van der Waals surface area contributed by atoms with Crippen LogP contribution in [-0.4, -0.2) is 57.5 Å². The van der Waals surface area contributed by atoms with Crippen LogP contribution < -0.4 is 4.74 Å². The van der Waals surface area contributed by atoms with Crippen LogP contribution in [0.15, 0.2) is 53.4 Å². The predicted molar refractivity (Wildman–Crippen MR) is 103 cm³/mol. The SMILES string of the molecule is COc1cccc(CCN2CCN(S(=O)(=O)c3cccc(Cl)c3)CC2)c1. The third kappa shape index (κ3) is 4.57. The molecule has 0 atom stereocenters. The highest BCUT2D eigenvalue weighted by atomic mass is 35.5. The largest absolute Gasteiger partial charge is 0.497 e. The zero-order valence-electron chi connectivity index (χ0n) is 14.8. The van der Waals surface area contributed by atoms with Gasteiger partial charge in [-0.3, -0.25) is 0 Å². The highest BCUT2D eigenvalue weighted by molar-refractivity contribution is 7.89. The van der Waals surface area contributed by atoms with Gasteiger partial charge in [-0.1, -0.05) is 29.8 Å². The molecule has 2 aromatic carbocycles. The summed E-state index contributed by atoms with van der Waals surface area (Å²) in [7, 11) is -1.81. The minimum Gasteiger partial charge on any atom is -0.497 e. The van der Waals surface area contributed by atoms with Crippen molar-refractivity contribution in [2.24, 2.45) is 0 Å². The van der Waals surface area contributed by atoms with Crippen molar-refractivity contribution in [3.8, 4) is 5.75 Å². The number of benzene rings is 2. The zero-order chi connectivity index (χ0) is 18.6. The Morgan fingerprint density at radius 2 is 1.77 bits per heavy atom. The molecule has 0 saturated carbocycles. The Bertz CT molecular complexity index is 849. The maximum Gasteiger partial charge on any atom is 0.243 e. The van der Waals surface area contributed by atoms with Gasteiger partial charge >= 0.3 is 0 Å². The molecule has 0 aromatic heterocycles. The van der Waals surface area contributed by atoms with Crippen LogP contribution in [-0.2, 0) is 16.4 Å². The summed E-state index contributed by atoms with van der Waals surface area (Å²) >= 11 is 5.93. The summed E-state index contributed by atoms with van der Waals surface area (Å²) in [4.78, 5) is 2.55. The molecule has 1 fully saturated rings. The van der Waals surface area contributed by atoms with Crippen molar-refractivity contribution >= 4 is 21.6 Å². The Hall–Kier alpha value is -1.60. The van der Waals surface area contributed by atoms with E-state index in [0.717, 1.165) is 31.8 Å². The van der Waals surface area contributed by atoms with Crippen molar-refractivity contribution in [2.45, 2.75) is 11.3 Å². The fourth-order valence-corrected chi connectivity index (χ4v) is 4.81. The molecule has 0 aliphatic carbocycles. The van der Waals surface area contributed by atoms with Gasteiger partial charge in [-0.2, -0.15) is 4.31 Å². The van der Waals surface area contributed by atoms with E-state index in [4.69, 9.17) is 16.3 Å². The van der Waals surface area contributed by atoms with Crippen molar-refractivity contribution in [1.82, 2.24) is 9.21 Å². The number of piperazine rings is 1. The maximum atomic E-state index is 12.7. The van der Waals surface area contributed by atoms with Gasteiger partial charge in [-0.05, 0) is 42.3 Å². The van der Waals surface area contributed by atoms with Crippen molar-refractivity contribution < 1.29 is 13.2 Å².